The van der Waals surface area contributed by atoms with Crippen LogP contribution in [0.15, 0.2) is 48.8 Å². The third-order valence-electron chi connectivity index (χ3n) is 5.46. The SMILES string of the molecule is CS(=O)(=O)N1CCC(Nc2cc(-c3ccc(C#N)c(Cl)c3)cc3ccncc23)CC1. The van der Waals surface area contributed by atoms with E-state index >= 15 is 0 Å². The predicted molar refractivity (Wildman–Crippen MR) is 120 cm³/mol. The van der Waals surface area contributed by atoms with Crippen molar-refractivity contribution in [2.24, 2.45) is 0 Å². The van der Waals surface area contributed by atoms with Gasteiger partial charge in [-0.3, -0.25) is 4.98 Å². The van der Waals surface area contributed by atoms with E-state index in [0.29, 0.717) is 23.7 Å². The number of benzene rings is 2. The molecule has 3 aromatic rings. The van der Waals surface area contributed by atoms with Gasteiger partial charge in [0.15, 0.2) is 0 Å². The maximum Gasteiger partial charge on any atom is 0.211 e. The summed E-state index contributed by atoms with van der Waals surface area (Å²) in [7, 11) is -3.15. The molecule has 0 radical (unpaired) electrons. The minimum atomic E-state index is -3.15. The van der Waals surface area contributed by atoms with Crippen LogP contribution in [0.1, 0.15) is 18.4 Å². The highest BCUT2D eigenvalue weighted by molar-refractivity contribution is 7.88. The van der Waals surface area contributed by atoms with Crippen molar-refractivity contribution in [3.8, 4) is 17.2 Å². The van der Waals surface area contributed by atoms with Crippen molar-refractivity contribution >= 4 is 38.1 Å². The molecule has 0 bridgehead atoms. The van der Waals surface area contributed by atoms with Gasteiger partial charge in [-0.15, -0.1) is 0 Å². The molecule has 1 aliphatic rings. The summed E-state index contributed by atoms with van der Waals surface area (Å²) in [5.41, 5.74) is 3.30. The van der Waals surface area contributed by atoms with Crippen LogP contribution in [0.5, 0.6) is 0 Å². The van der Waals surface area contributed by atoms with Crippen LogP contribution in [0.4, 0.5) is 5.69 Å². The minimum Gasteiger partial charge on any atom is -0.382 e. The lowest BCUT2D eigenvalue weighted by molar-refractivity contribution is 0.332. The zero-order chi connectivity index (χ0) is 21.3. The second-order valence-corrected chi connectivity index (χ2v) is 9.90. The number of rotatable bonds is 4. The fourth-order valence-corrected chi connectivity index (χ4v) is 4.92. The Morgan fingerprint density at radius 3 is 2.60 bits per heavy atom. The molecule has 0 atom stereocenters. The molecule has 2 heterocycles. The van der Waals surface area contributed by atoms with E-state index in [1.54, 1.807) is 18.3 Å². The van der Waals surface area contributed by atoms with Crippen molar-refractivity contribution in [3.05, 3.63) is 59.4 Å². The Labute approximate surface area is 181 Å². The molecule has 1 aliphatic heterocycles. The monoisotopic (exact) mass is 440 g/mol. The Bertz CT molecular complexity index is 1250. The van der Waals surface area contributed by atoms with Crippen LogP contribution in [0.25, 0.3) is 21.9 Å². The number of sulfonamides is 1. The van der Waals surface area contributed by atoms with Crippen LogP contribution < -0.4 is 5.32 Å². The second-order valence-electron chi connectivity index (χ2n) is 7.51. The molecule has 1 N–H and O–H groups in total. The highest BCUT2D eigenvalue weighted by Gasteiger charge is 2.25. The standard InChI is InChI=1S/C22H21ClN4O2S/c1-30(28,29)27-8-5-19(6-9-27)26-22-12-18(10-16-4-7-25-14-20(16)22)15-2-3-17(13-24)21(23)11-15/h2-4,7,10-12,14,19,26H,5-6,8-9H2,1H3. The molecule has 30 heavy (non-hydrogen) atoms. The zero-order valence-corrected chi connectivity index (χ0v) is 18.0. The smallest absolute Gasteiger partial charge is 0.211 e. The first-order valence-corrected chi connectivity index (χ1v) is 11.9. The van der Waals surface area contributed by atoms with E-state index in [1.165, 1.54) is 10.6 Å². The fraction of sp³-hybridized carbons (Fsp3) is 0.273. The van der Waals surface area contributed by atoms with Gasteiger partial charge in [0, 0.05) is 42.6 Å². The largest absolute Gasteiger partial charge is 0.382 e. The van der Waals surface area contributed by atoms with Gasteiger partial charge in [0.2, 0.25) is 10.0 Å². The van der Waals surface area contributed by atoms with Crippen molar-refractivity contribution in [3.63, 3.8) is 0 Å². The van der Waals surface area contributed by atoms with Gasteiger partial charge < -0.3 is 5.32 Å². The van der Waals surface area contributed by atoms with Crippen LogP contribution >= 0.6 is 11.6 Å². The van der Waals surface area contributed by atoms with Crippen LogP contribution in [-0.4, -0.2) is 43.1 Å². The van der Waals surface area contributed by atoms with Crippen molar-refractivity contribution in [2.45, 2.75) is 18.9 Å². The Morgan fingerprint density at radius 2 is 1.93 bits per heavy atom. The lowest BCUT2D eigenvalue weighted by atomic mass is 9.98. The van der Waals surface area contributed by atoms with Gasteiger partial charge in [-0.1, -0.05) is 17.7 Å². The number of nitriles is 1. The topological polar surface area (TPSA) is 86.1 Å². The highest BCUT2D eigenvalue weighted by Crippen LogP contribution is 2.33. The number of aromatic nitrogens is 1. The summed E-state index contributed by atoms with van der Waals surface area (Å²) in [6.45, 7) is 1.02. The molecule has 0 saturated carbocycles. The Kier molecular flexibility index (Phi) is 5.65. The van der Waals surface area contributed by atoms with Gasteiger partial charge in [-0.25, -0.2) is 12.7 Å². The molecule has 0 spiro atoms. The number of fused-ring (bicyclic) bond motifs is 1. The van der Waals surface area contributed by atoms with E-state index in [9.17, 15) is 8.42 Å². The number of halogens is 1. The predicted octanol–water partition coefficient (Wildman–Crippen LogP) is 4.26. The molecule has 1 saturated heterocycles. The summed E-state index contributed by atoms with van der Waals surface area (Å²) in [4.78, 5) is 4.27. The second kappa shape index (κ2) is 8.23. The van der Waals surface area contributed by atoms with E-state index in [-0.39, 0.29) is 6.04 Å². The maximum atomic E-state index is 11.8. The molecule has 0 aliphatic carbocycles. The van der Waals surface area contributed by atoms with Gasteiger partial charge in [-0.2, -0.15) is 5.26 Å². The summed E-state index contributed by atoms with van der Waals surface area (Å²) in [5.74, 6) is 0. The first-order valence-electron chi connectivity index (χ1n) is 9.64. The molecule has 0 amide bonds. The number of piperidine rings is 1. The van der Waals surface area contributed by atoms with Crippen LogP contribution in [-0.2, 0) is 10.0 Å². The summed E-state index contributed by atoms with van der Waals surface area (Å²) in [5, 5.41) is 15.2. The number of anilines is 1. The van der Waals surface area contributed by atoms with Crippen LogP contribution in [0.3, 0.4) is 0 Å². The molecular weight excluding hydrogens is 420 g/mol. The lowest BCUT2D eigenvalue weighted by Gasteiger charge is -2.31. The number of hydrogen-bond donors (Lipinski definition) is 1. The van der Waals surface area contributed by atoms with E-state index in [4.69, 9.17) is 16.9 Å². The number of pyridine rings is 1. The zero-order valence-electron chi connectivity index (χ0n) is 16.5. The normalized spacial score (nSPS) is 15.8. The molecule has 154 valence electrons. The van der Waals surface area contributed by atoms with Crippen molar-refractivity contribution in [1.29, 1.82) is 5.26 Å². The Morgan fingerprint density at radius 1 is 1.17 bits per heavy atom. The van der Waals surface area contributed by atoms with Gasteiger partial charge in [-0.05, 0) is 59.7 Å². The summed E-state index contributed by atoms with van der Waals surface area (Å²) < 4.78 is 25.1. The first-order chi connectivity index (χ1) is 14.3. The number of hydrogen-bond acceptors (Lipinski definition) is 5. The van der Waals surface area contributed by atoms with Gasteiger partial charge in [0.05, 0.1) is 16.8 Å². The van der Waals surface area contributed by atoms with Crippen LogP contribution in [0, 0.1) is 11.3 Å². The lowest BCUT2D eigenvalue weighted by Crippen LogP contribution is -2.41. The van der Waals surface area contributed by atoms with Crippen molar-refractivity contribution in [2.75, 3.05) is 24.7 Å². The number of nitrogens with zero attached hydrogens (tertiary/aromatic N) is 3. The molecule has 0 unspecified atom stereocenters. The Balaban J connectivity index is 1.66. The Hall–Kier alpha value is -2.66. The number of nitrogens with one attached hydrogen (secondary N) is 1. The van der Waals surface area contributed by atoms with Gasteiger partial charge in [0.25, 0.3) is 0 Å². The quantitative estimate of drug-likeness (QED) is 0.654. The molecule has 2 aromatic carbocycles. The summed E-state index contributed by atoms with van der Waals surface area (Å²) in [6, 6.07) is 13.8. The first kappa shape index (κ1) is 20.6. The fourth-order valence-electron chi connectivity index (χ4n) is 3.82. The molecule has 1 aromatic heterocycles. The molecule has 4 rings (SSSR count). The van der Waals surface area contributed by atoms with E-state index < -0.39 is 10.0 Å². The van der Waals surface area contributed by atoms with Crippen molar-refractivity contribution < 1.29 is 8.42 Å². The third-order valence-corrected chi connectivity index (χ3v) is 7.08. The molecule has 6 nitrogen and oxygen atoms in total. The average Bonchev–Trinajstić information content (AvgIpc) is 2.73. The van der Waals surface area contributed by atoms with Crippen LogP contribution in [0.2, 0.25) is 5.02 Å². The highest BCUT2D eigenvalue weighted by atomic mass is 35.5. The molecule has 8 heteroatoms. The van der Waals surface area contributed by atoms with Gasteiger partial charge >= 0.3 is 0 Å². The van der Waals surface area contributed by atoms with Gasteiger partial charge in [0.1, 0.15) is 6.07 Å². The summed E-state index contributed by atoms with van der Waals surface area (Å²) >= 11 is 6.24. The average molecular weight is 441 g/mol. The summed E-state index contributed by atoms with van der Waals surface area (Å²) in [6.07, 6.45) is 6.32. The maximum absolute atomic E-state index is 11.8. The van der Waals surface area contributed by atoms with E-state index in [0.717, 1.165) is 40.4 Å². The molecular formula is C22H21ClN4O2S. The van der Waals surface area contributed by atoms with E-state index in [1.807, 2.05) is 18.3 Å². The molecule has 1 fully saturated rings. The van der Waals surface area contributed by atoms with Crippen molar-refractivity contribution in [1.82, 2.24) is 9.29 Å². The third kappa shape index (κ3) is 4.26. The minimum absolute atomic E-state index is 0.172. The van der Waals surface area contributed by atoms with E-state index in [2.05, 4.69) is 28.5 Å².